The zero-order valence-electron chi connectivity index (χ0n) is 11.2. The van der Waals surface area contributed by atoms with E-state index >= 15 is 0 Å². The van der Waals surface area contributed by atoms with Crippen molar-refractivity contribution < 1.29 is 8.78 Å². The van der Waals surface area contributed by atoms with E-state index in [4.69, 9.17) is 17.3 Å². The topological polar surface area (TPSA) is 26.0 Å². The highest BCUT2D eigenvalue weighted by Crippen LogP contribution is 2.27. The number of rotatable bonds is 4. The first-order valence-electron chi connectivity index (χ1n) is 6.51. The second-order valence-electron chi connectivity index (χ2n) is 4.76. The van der Waals surface area contributed by atoms with E-state index in [1.807, 2.05) is 24.3 Å². The fraction of sp³-hybridized carbons (Fsp3) is 0.250. The molecule has 106 valence electrons. The molecule has 0 heterocycles. The van der Waals surface area contributed by atoms with Crippen LogP contribution >= 0.6 is 11.6 Å². The number of benzene rings is 2. The molecule has 2 N–H and O–H groups in total. The molecule has 0 fully saturated rings. The molecular formula is C16H16ClF2N. The largest absolute Gasteiger partial charge is 0.320 e. The number of nitrogens with two attached hydrogens (primary N) is 1. The summed E-state index contributed by atoms with van der Waals surface area (Å²) in [5.41, 5.74) is 8.06. The van der Waals surface area contributed by atoms with Crippen LogP contribution in [-0.4, -0.2) is 0 Å². The van der Waals surface area contributed by atoms with Crippen molar-refractivity contribution in [3.63, 3.8) is 0 Å². The maximum absolute atomic E-state index is 13.9. The molecule has 2 rings (SSSR count). The van der Waals surface area contributed by atoms with Crippen molar-refractivity contribution in [2.45, 2.75) is 25.8 Å². The van der Waals surface area contributed by atoms with Crippen LogP contribution in [0.1, 0.15) is 36.1 Å². The second kappa shape index (κ2) is 6.33. The van der Waals surface area contributed by atoms with Gasteiger partial charge in [-0.25, -0.2) is 8.78 Å². The molecule has 0 bridgehead atoms. The highest BCUT2D eigenvalue weighted by Gasteiger charge is 2.16. The quantitative estimate of drug-likeness (QED) is 0.818. The molecule has 0 amide bonds. The fourth-order valence-electron chi connectivity index (χ4n) is 2.19. The second-order valence-corrected chi connectivity index (χ2v) is 5.17. The number of hydrogen-bond donors (Lipinski definition) is 1. The van der Waals surface area contributed by atoms with Crippen molar-refractivity contribution in [1.29, 1.82) is 0 Å². The van der Waals surface area contributed by atoms with Gasteiger partial charge in [-0.15, -0.1) is 0 Å². The van der Waals surface area contributed by atoms with Gasteiger partial charge < -0.3 is 5.73 Å². The minimum Gasteiger partial charge on any atom is -0.320 e. The molecular weight excluding hydrogens is 280 g/mol. The minimum absolute atomic E-state index is 0.112. The van der Waals surface area contributed by atoms with Crippen molar-refractivity contribution in [2.75, 3.05) is 0 Å². The van der Waals surface area contributed by atoms with Gasteiger partial charge in [0.15, 0.2) is 0 Å². The van der Waals surface area contributed by atoms with Crippen LogP contribution in [0.3, 0.4) is 0 Å². The summed E-state index contributed by atoms with van der Waals surface area (Å²) in [6.45, 7) is 2.08. The minimum atomic E-state index is -0.710. The summed E-state index contributed by atoms with van der Waals surface area (Å²) in [5, 5.41) is -0.238. The van der Waals surface area contributed by atoms with Crippen LogP contribution in [0.25, 0.3) is 0 Å². The first-order chi connectivity index (χ1) is 9.52. The molecule has 0 aliphatic carbocycles. The molecule has 2 aromatic carbocycles. The van der Waals surface area contributed by atoms with E-state index in [-0.39, 0.29) is 10.6 Å². The first kappa shape index (κ1) is 14.9. The smallest absolute Gasteiger partial charge is 0.142 e. The molecule has 2 aromatic rings. The zero-order valence-corrected chi connectivity index (χ0v) is 11.9. The predicted octanol–water partition coefficient (Wildman–Crippen LogP) is 4.62. The van der Waals surface area contributed by atoms with E-state index in [2.05, 4.69) is 6.92 Å². The number of aryl methyl sites for hydroxylation is 1. The third-order valence-electron chi connectivity index (χ3n) is 3.22. The Hall–Kier alpha value is -1.45. The van der Waals surface area contributed by atoms with Crippen LogP contribution in [0.4, 0.5) is 8.78 Å². The Morgan fingerprint density at radius 2 is 1.90 bits per heavy atom. The molecule has 1 unspecified atom stereocenters. The Morgan fingerprint density at radius 3 is 2.60 bits per heavy atom. The van der Waals surface area contributed by atoms with Crippen LogP contribution in [-0.2, 0) is 6.42 Å². The molecule has 0 aromatic heterocycles. The Bertz CT molecular complexity index is 613. The first-order valence-corrected chi connectivity index (χ1v) is 6.89. The maximum atomic E-state index is 13.9. The van der Waals surface area contributed by atoms with Gasteiger partial charge in [-0.2, -0.15) is 0 Å². The Morgan fingerprint density at radius 1 is 1.15 bits per heavy atom. The van der Waals surface area contributed by atoms with E-state index in [1.54, 1.807) is 0 Å². The van der Waals surface area contributed by atoms with Gasteiger partial charge in [0.05, 0.1) is 11.1 Å². The molecule has 1 nitrogen and oxygen atoms in total. The van der Waals surface area contributed by atoms with Crippen LogP contribution in [0.15, 0.2) is 36.4 Å². The van der Waals surface area contributed by atoms with E-state index in [0.29, 0.717) is 0 Å². The Labute approximate surface area is 122 Å². The monoisotopic (exact) mass is 295 g/mol. The normalized spacial score (nSPS) is 12.4. The predicted molar refractivity (Wildman–Crippen MR) is 77.8 cm³/mol. The summed E-state index contributed by atoms with van der Waals surface area (Å²) in [5.74, 6) is -1.26. The molecule has 0 aliphatic rings. The lowest BCUT2D eigenvalue weighted by atomic mass is 9.96. The summed E-state index contributed by atoms with van der Waals surface area (Å²) in [7, 11) is 0. The lowest BCUT2D eigenvalue weighted by molar-refractivity contribution is 0.577. The number of halogens is 3. The molecule has 20 heavy (non-hydrogen) atoms. The van der Waals surface area contributed by atoms with Crippen LogP contribution in [0.5, 0.6) is 0 Å². The molecule has 0 aliphatic heterocycles. The highest BCUT2D eigenvalue weighted by molar-refractivity contribution is 6.30. The Kier molecular flexibility index (Phi) is 4.73. The van der Waals surface area contributed by atoms with Crippen molar-refractivity contribution >= 4 is 11.6 Å². The molecule has 0 radical (unpaired) electrons. The van der Waals surface area contributed by atoms with Crippen molar-refractivity contribution in [3.05, 3.63) is 69.7 Å². The van der Waals surface area contributed by atoms with Gasteiger partial charge in [0.25, 0.3) is 0 Å². The van der Waals surface area contributed by atoms with Crippen LogP contribution in [0, 0.1) is 11.6 Å². The zero-order chi connectivity index (χ0) is 14.7. The van der Waals surface area contributed by atoms with Crippen molar-refractivity contribution in [3.8, 4) is 0 Å². The van der Waals surface area contributed by atoms with Gasteiger partial charge in [-0.1, -0.05) is 49.2 Å². The van der Waals surface area contributed by atoms with E-state index in [9.17, 15) is 8.78 Å². The standard InChI is InChI=1S/C16H16ClF2N/c1-2-4-10-5-3-6-11(7-10)16(20)12-8-15(19)13(17)9-14(12)18/h3,5-9,16H,2,4,20H2,1H3. The van der Waals surface area contributed by atoms with Crippen molar-refractivity contribution in [1.82, 2.24) is 0 Å². The third-order valence-corrected chi connectivity index (χ3v) is 3.51. The average molecular weight is 296 g/mol. The van der Waals surface area contributed by atoms with Crippen LogP contribution < -0.4 is 5.73 Å². The summed E-state index contributed by atoms with van der Waals surface area (Å²) < 4.78 is 27.4. The van der Waals surface area contributed by atoms with E-state index < -0.39 is 17.7 Å². The average Bonchev–Trinajstić information content (AvgIpc) is 2.43. The maximum Gasteiger partial charge on any atom is 0.142 e. The lowest BCUT2D eigenvalue weighted by Gasteiger charge is -2.15. The molecule has 0 saturated heterocycles. The summed E-state index contributed by atoms with van der Waals surface area (Å²) in [4.78, 5) is 0. The fourth-order valence-corrected chi connectivity index (χ4v) is 2.34. The lowest BCUT2D eigenvalue weighted by Crippen LogP contribution is -2.14. The number of hydrogen-bond acceptors (Lipinski definition) is 1. The highest BCUT2D eigenvalue weighted by atomic mass is 35.5. The molecule has 4 heteroatoms. The molecule has 0 saturated carbocycles. The van der Waals surface area contributed by atoms with Gasteiger partial charge in [-0.05, 0) is 29.7 Å². The summed E-state index contributed by atoms with van der Waals surface area (Å²) in [6, 6.07) is 8.94. The Balaban J connectivity index is 2.38. The molecule has 1 atom stereocenters. The molecule has 0 spiro atoms. The van der Waals surface area contributed by atoms with E-state index in [1.165, 1.54) is 0 Å². The summed E-state index contributed by atoms with van der Waals surface area (Å²) in [6.07, 6.45) is 1.95. The van der Waals surface area contributed by atoms with Gasteiger partial charge >= 0.3 is 0 Å². The SMILES string of the molecule is CCCc1cccc(C(N)c2cc(F)c(Cl)cc2F)c1. The van der Waals surface area contributed by atoms with Gasteiger partial charge in [-0.3, -0.25) is 0 Å². The van der Waals surface area contributed by atoms with Gasteiger partial charge in [0.1, 0.15) is 11.6 Å². The third kappa shape index (κ3) is 3.17. The van der Waals surface area contributed by atoms with Crippen molar-refractivity contribution in [2.24, 2.45) is 5.73 Å². The van der Waals surface area contributed by atoms with Gasteiger partial charge in [0, 0.05) is 5.56 Å². The van der Waals surface area contributed by atoms with Gasteiger partial charge in [0.2, 0.25) is 0 Å². The summed E-state index contributed by atoms with van der Waals surface area (Å²) >= 11 is 5.55. The van der Waals surface area contributed by atoms with Crippen LogP contribution in [0.2, 0.25) is 5.02 Å². The van der Waals surface area contributed by atoms with E-state index in [0.717, 1.165) is 36.1 Å².